The van der Waals surface area contributed by atoms with Crippen LogP contribution in [0, 0.1) is 0 Å². The Morgan fingerprint density at radius 2 is 0.854 bits per heavy atom. The third-order valence-corrected chi connectivity index (χ3v) is 8.20. The maximum absolute atomic E-state index is 11.0. The molecule has 240 valence electrons. The average Bonchev–Trinajstić information content (AvgIpc) is 2.93. The zero-order chi connectivity index (χ0) is 30.4. The van der Waals surface area contributed by atoms with E-state index in [-0.39, 0.29) is 19.3 Å². The van der Waals surface area contributed by atoms with E-state index in [0.29, 0.717) is 19.3 Å². The second-order valence-electron chi connectivity index (χ2n) is 12.1. The zero-order valence-corrected chi connectivity index (χ0v) is 26.4. The molecule has 0 spiro atoms. The number of nitrogens with zero attached hydrogens (tertiary/aromatic N) is 1. The molecule has 41 heavy (non-hydrogen) atoms. The summed E-state index contributed by atoms with van der Waals surface area (Å²) in [6, 6.07) is 0. The van der Waals surface area contributed by atoms with Crippen LogP contribution in [-0.4, -0.2) is 58.8 Å². The SMILES string of the molecule is CCCCCCCC/C=C/CCCCCCCCC[N+](CCCCC(=O)[O-])(CCCCC(=O)O)CCCCC(=O)O. The second-order valence-corrected chi connectivity index (χ2v) is 12.1. The van der Waals surface area contributed by atoms with Crippen LogP contribution in [0.3, 0.4) is 0 Å². The first kappa shape index (κ1) is 39.1. The van der Waals surface area contributed by atoms with Crippen LogP contribution in [0.5, 0.6) is 0 Å². The van der Waals surface area contributed by atoms with Crippen LogP contribution in [0.4, 0.5) is 0 Å². The van der Waals surface area contributed by atoms with Gasteiger partial charge in [-0.2, -0.15) is 0 Å². The minimum atomic E-state index is -1.02. The number of quaternary nitrogens is 1. The molecule has 0 aliphatic rings. The van der Waals surface area contributed by atoms with Crippen molar-refractivity contribution < 1.29 is 34.2 Å². The summed E-state index contributed by atoms with van der Waals surface area (Å²) < 4.78 is 0.845. The second kappa shape index (κ2) is 28.2. The largest absolute Gasteiger partial charge is 0.550 e. The van der Waals surface area contributed by atoms with Gasteiger partial charge in [-0.25, -0.2) is 0 Å². The Bertz CT molecular complexity index is 623. The summed E-state index contributed by atoms with van der Waals surface area (Å²) in [6.45, 7) is 5.86. The number of hydrogen-bond acceptors (Lipinski definition) is 4. The number of rotatable bonds is 32. The Morgan fingerprint density at radius 3 is 1.24 bits per heavy atom. The summed E-state index contributed by atoms with van der Waals surface area (Å²) in [4.78, 5) is 32.9. The lowest BCUT2D eigenvalue weighted by atomic mass is 10.1. The van der Waals surface area contributed by atoms with Gasteiger partial charge in [0, 0.05) is 18.8 Å². The van der Waals surface area contributed by atoms with Gasteiger partial charge in [0.2, 0.25) is 0 Å². The van der Waals surface area contributed by atoms with Crippen molar-refractivity contribution in [2.45, 2.75) is 161 Å². The van der Waals surface area contributed by atoms with E-state index >= 15 is 0 Å². The quantitative estimate of drug-likeness (QED) is 0.0479. The molecule has 7 heteroatoms. The maximum atomic E-state index is 11.0. The van der Waals surface area contributed by atoms with Crippen molar-refractivity contribution in [3.05, 3.63) is 12.2 Å². The predicted molar refractivity (Wildman–Crippen MR) is 166 cm³/mol. The van der Waals surface area contributed by atoms with Crippen LogP contribution in [-0.2, 0) is 14.4 Å². The molecule has 0 atom stereocenters. The molecule has 0 aromatic heterocycles. The van der Waals surface area contributed by atoms with Crippen molar-refractivity contribution in [3.63, 3.8) is 0 Å². The van der Waals surface area contributed by atoms with Crippen LogP contribution in [0.15, 0.2) is 12.2 Å². The Labute approximate surface area is 251 Å². The number of aliphatic carboxylic acids is 3. The van der Waals surface area contributed by atoms with E-state index in [2.05, 4.69) is 19.1 Å². The Morgan fingerprint density at radius 1 is 0.512 bits per heavy atom. The molecular formula is C34H63NO6. The molecule has 0 heterocycles. The third kappa shape index (κ3) is 28.0. The topological polar surface area (TPSA) is 115 Å². The maximum Gasteiger partial charge on any atom is 0.303 e. The normalized spacial score (nSPS) is 11.8. The molecule has 0 aliphatic carbocycles. The van der Waals surface area contributed by atoms with E-state index in [9.17, 15) is 19.5 Å². The molecule has 0 radical (unpaired) electrons. The summed E-state index contributed by atoms with van der Waals surface area (Å²) in [7, 11) is 0. The Kier molecular flexibility index (Phi) is 26.9. The first-order valence-corrected chi connectivity index (χ1v) is 16.9. The van der Waals surface area contributed by atoms with Gasteiger partial charge in [-0.1, -0.05) is 76.9 Å². The van der Waals surface area contributed by atoms with Gasteiger partial charge in [-0.3, -0.25) is 9.59 Å². The van der Waals surface area contributed by atoms with E-state index in [1.807, 2.05) is 0 Å². The molecule has 0 rings (SSSR count). The zero-order valence-electron chi connectivity index (χ0n) is 26.4. The number of allylic oxidation sites excluding steroid dienone is 2. The van der Waals surface area contributed by atoms with Crippen LogP contribution < -0.4 is 5.11 Å². The fraction of sp³-hybridized carbons (Fsp3) is 0.853. The van der Waals surface area contributed by atoms with Crippen molar-refractivity contribution in [2.75, 3.05) is 26.2 Å². The van der Waals surface area contributed by atoms with Crippen molar-refractivity contribution in [1.29, 1.82) is 0 Å². The van der Waals surface area contributed by atoms with Gasteiger partial charge < -0.3 is 24.6 Å². The van der Waals surface area contributed by atoms with E-state index in [1.54, 1.807) is 0 Å². The summed E-state index contributed by atoms with van der Waals surface area (Å²) in [6.07, 6.45) is 28.5. The van der Waals surface area contributed by atoms with Crippen molar-refractivity contribution in [3.8, 4) is 0 Å². The minimum absolute atomic E-state index is 0.0624. The van der Waals surface area contributed by atoms with Crippen molar-refractivity contribution in [1.82, 2.24) is 0 Å². The Balaban J connectivity index is 4.41. The molecule has 0 fully saturated rings. The van der Waals surface area contributed by atoms with Crippen LogP contribution in [0.25, 0.3) is 0 Å². The average molecular weight is 582 g/mol. The number of hydrogen-bond donors (Lipinski definition) is 2. The molecule has 0 amide bonds. The van der Waals surface area contributed by atoms with Gasteiger partial charge in [-0.15, -0.1) is 0 Å². The van der Waals surface area contributed by atoms with Crippen LogP contribution in [0.2, 0.25) is 0 Å². The summed E-state index contributed by atoms with van der Waals surface area (Å²) >= 11 is 0. The van der Waals surface area contributed by atoms with E-state index in [0.717, 1.165) is 56.3 Å². The van der Waals surface area contributed by atoms with Crippen molar-refractivity contribution >= 4 is 17.9 Å². The number of carbonyl (C=O) groups is 3. The number of carboxylic acid groups (broad SMARTS) is 3. The standard InChI is InChI=1S/C34H63NO6/c1-2-3-4-5-6-7-8-9-10-11-12-13-14-15-16-17-21-28-35(29-22-18-25-32(36)37,30-23-19-26-33(38)39)31-24-20-27-34(40)41/h9-10H,2-8,11-31H2,1H3,(H2-,36,37,38,39,40,41)/b10-9+. The minimum Gasteiger partial charge on any atom is -0.550 e. The van der Waals surface area contributed by atoms with E-state index in [4.69, 9.17) is 10.2 Å². The van der Waals surface area contributed by atoms with E-state index < -0.39 is 17.9 Å². The molecule has 2 N–H and O–H groups in total. The van der Waals surface area contributed by atoms with Gasteiger partial charge in [0.05, 0.1) is 26.2 Å². The summed E-state index contributed by atoms with van der Waals surface area (Å²) in [5.41, 5.74) is 0. The van der Waals surface area contributed by atoms with Gasteiger partial charge in [0.25, 0.3) is 0 Å². The van der Waals surface area contributed by atoms with Gasteiger partial charge in [-0.05, 0) is 83.5 Å². The molecule has 0 bridgehead atoms. The highest BCUT2D eigenvalue weighted by Crippen LogP contribution is 2.19. The molecule has 0 aromatic rings. The summed E-state index contributed by atoms with van der Waals surface area (Å²) in [5, 5.41) is 29.0. The van der Waals surface area contributed by atoms with Gasteiger partial charge in [0.15, 0.2) is 0 Å². The third-order valence-electron chi connectivity index (χ3n) is 8.20. The number of unbranched alkanes of at least 4 members (excludes halogenated alkanes) is 16. The smallest absolute Gasteiger partial charge is 0.303 e. The highest BCUT2D eigenvalue weighted by Gasteiger charge is 2.26. The van der Waals surface area contributed by atoms with E-state index in [1.165, 1.54) is 89.9 Å². The van der Waals surface area contributed by atoms with Crippen LogP contribution >= 0.6 is 0 Å². The fourth-order valence-corrected chi connectivity index (χ4v) is 5.71. The molecular weight excluding hydrogens is 518 g/mol. The molecule has 0 saturated carbocycles. The van der Waals surface area contributed by atoms with Crippen LogP contribution in [0.1, 0.15) is 161 Å². The highest BCUT2D eigenvalue weighted by molar-refractivity contribution is 5.66. The lowest BCUT2D eigenvalue weighted by Gasteiger charge is -2.39. The fourth-order valence-electron chi connectivity index (χ4n) is 5.71. The molecule has 0 aromatic carbocycles. The Hall–Kier alpha value is -1.89. The molecule has 0 saturated heterocycles. The van der Waals surface area contributed by atoms with Gasteiger partial charge >= 0.3 is 11.9 Å². The first-order chi connectivity index (χ1) is 19.8. The van der Waals surface area contributed by atoms with Crippen molar-refractivity contribution in [2.24, 2.45) is 0 Å². The monoisotopic (exact) mass is 581 g/mol. The molecule has 0 aliphatic heterocycles. The lowest BCUT2D eigenvalue weighted by molar-refractivity contribution is -0.929. The molecule has 7 nitrogen and oxygen atoms in total. The number of carbonyl (C=O) groups excluding carboxylic acids is 1. The first-order valence-electron chi connectivity index (χ1n) is 16.9. The summed E-state index contributed by atoms with van der Waals surface area (Å²) in [5.74, 6) is -2.57. The lowest BCUT2D eigenvalue weighted by Crippen LogP contribution is -2.51. The highest BCUT2D eigenvalue weighted by atomic mass is 16.4. The number of carboxylic acids is 3. The predicted octanol–water partition coefficient (Wildman–Crippen LogP) is 7.66. The molecule has 0 unspecified atom stereocenters. The van der Waals surface area contributed by atoms with Gasteiger partial charge in [0.1, 0.15) is 0 Å².